The van der Waals surface area contributed by atoms with Gasteiger partial charge in [-0.25, -0.2) is 4.79 Å². The molecule has 0 aromatic heterocycles. The van der Waals surface area contributed by atoms with Crippen molar-refractivity contribution in [1.82, 2.24) is 5.32 Å². The number of thiocarbonyl (C=S) groups is 1. The molecular formula is C4H9N3O2S. The van der Waals surface area contributed by atoms with E-state index in [1.807, 2.05) is 0 Å². The van der Waals surface area contributed by atoms with Crippen LogP contribution in [0.15, 0.2) is 0 Å². The van der Waals surface area contributed by atoms with Crippen LogP contribution in [0.5, 0.6) is 0 Å². The topological polar surface area (TPSA) is 90.4 Å². The molecule has 1 atom stereocenters. The van der Waals surface area contributed by atoms with E-state index in [4.69, 9.17) is 11.5 Å². The van der Waals surface area contributed by atoms with Crippen molar-refractivity contribution in [3.05, 3.63) is 0 Å². The summed E-state index contributed by atoms with van der Waals surface area (Å²) in [4.78, 5) is 10.1. The van der Waals surface area contributed by atoms with Crippen LogP contribution >= 0.6 is 12.2 Å². The highest BCUT2D eigenvalue weighted by Crippen LogP contribution is 1.83. The second-order valence-electron chi connectivity index (χ2n) is 1.59. The van der Waals surface area contributed by atoms with Gasteiger partial charge in [-0.15, -0.1) is 0 Å². The molecule has 2 amide bonds. The number of ether oxygens (including phenoxy) is 1. The Kier molecular flexibility index (Phi) is 3.48. The molecule has 0 aromatic carbocycles. The fourth-order valence-electron chi connectivity index (χ4n) is 0.404. The predicted octanol–water partition coefficient (Wildman–Crippen LogP) is -0.739. The van der Waals surface area contributed by atoms with Crippen molar-refractivity contribution in [3.63, 3.8) is 0 Å². The van der Waals surface area contributed by atoms with Crippen molar-refractivity contribution in [2.24, 2.45) is 11.5 Å². The summed E-state index contributed by atoms with van der Waals surface area (Å²) in [5, 5.41) is 2.10. The van der Waals surface area contributed by atoms with E-state index >= 15 is 0 Å². The maximum atomic E-state index is 10.1. The molecule has 0 saturated heterocycles. The number of carbonyl (C=O) groups is 1. The number of primary amides is 1. The summed E-state index contributed by atoms with van der Waals surface area (Å²) >= 11 is 4.39. The van der Waals surface area contributed by atoms with E-state index in [-0.39, 0.29) is 5.17 Å². The molecule has 0 spiro atoms. The molecule has 0 aliphatic heterocycles. The van der Waals surface area contributed by atoms with E-state index in [0.717, 1.165) is 0 Å². The fraction of sp³-hybridized carbons (Fsp3) is 0.500. The van der Waals surface area contributed by atoms with Gasteiger partial charge in [-0.2, -0.15) is 0 Å². The molecule has 5 N–H and O–H groups in total. The standard InChI is InChI=1S/C4H9N3O2S/c1-2(7-3(5)8)9-4(6)10/h2H,1H3,(H2,6,10)(H3,5,7,8). The quantitative estimate of drug-likeness (QED) is 0.369. The molecule has 0 aliphatic carbocycles. The first-order valence-electron chi connectivity index (χ1n) is 2.54. The first kappa shape index (κ1) is 8.96. The summed E-state index contributed by atoms with van der Waals surface area (Å²) in [7, 11) is 0. The van der Waals surface area contributed by atoms with Crippen LogP contribution in [0.4, 0.5) is 4.79 Å². The largest absolute Gasteiger partial charge is 0.447 e. The lowest BCUT2D eigenvalue weighted by Gasteiger charge is -2.11. The van der Waals surface area contributed by atoms with E-state index in [2.05, 4.69) is 22.3 Å². The van der Waals surface area contributed by atoms with Crippen molar-refractivity contribution in [1.29, 1.82) is 0 Å². The third-order valence-electron chi connectivity index (χ3n) is 0.638. The normalized spacial score (nSPS) is 11.7. The number of amides is 2. The van der Waals surface area contributed by atoms with Crippen LogP contribution in [-0.2, 0) is 4.74 Å². The number of nitrogens with two attached hydrogens (primary N) is 2. The zero-order chi connectivity index (χ0) is 8.15. The molecule has 0 radical (unpaired) electrons. The molecule has 58 valence electrons. The van der Waals surface area contributed by atoms with Gasteiger partial charge in [-0.05, 0) is 19.1 Å². The molecule has 0 heterocycles. The van der Waals surface area contributed by atoms with Crippen LogP contribution in [0, 0.1) is 0 Å². The van der Waals surface area contributed by atoms with Gasteiger partial charge in [0.15, 0.2) is 6.23 Å². The molecule has 10 heavy (non-hydrogen) atoms. The predicted molar refractivity (Wildman–Crippen MR) is 40.1 cm³/mol. The third kappa shape index (κ3) is 5.10. The average Bonchev–Trinajstić information content (AvgIpc) is 1.58. The Balaban J connectivity index is 3.53. The van der Waals surface area contributed by atoms with Gasteiger partial charge in [0, 0.05) is 0 Å². The van der Waals surface area contributed by atoms with E-state index in [0.29, 0.717) is 0 Å². The van der Waals surface area contributed by atoms with Gasteiger partial charge in [-0.3, -0.25) is 0 Å². The second-order valence-corrected chi connectivity index (χ2v) is 1.99. The maximum Gasteiger partial charge on any atom is 0.314 e. The Labute approximate surface area is 63.7 Å². The minimum atomic E-state index is -0.677. The van der Waals surface area contributed by atoms with E-state index in [9.17, 15) is 4.79 Å². The van der Waals surface area contributed by atoms with Crippen molar-refractivity contribution in [2.75, 3.05) is 0 Å². The minimum Gasteiger partial charge on any atom is -0.447 e. The molecule has 5 nitrogen and oxygen atoms in total. The smallest absolute Gasteiger partial charge is 0.314 e. The van der Waals surface area contributed by atoms with Crippen molar-refractivity contribution in [2.45, 2.75) is 13.2 Å². The highest BCUT2D eigenvalue weighted by atomic mass is 32.1. The maximum absolute atomic E-state index is 10.1. The lowest BCUT2D eigenvalue weighted by molar-refractivity contribution is 0.173. The van der Waals surface area contributed by atoms with Gasteiger partial charge < -0.3 is 21.5 Å². The van der Waals surface area contributed by atoms with Crippen molar-refractivity contribution < 1.29 is 9.53 Å². The van der Waals surface area contributed by atoms with Gasteiger partial charge in [0.1, 0.15) is 0 Å². The molecule has 0 bridgehead atoms. The summed E-state index contributed by atoms with van der Waals surface area (Å²) in [6.07, 6.45) is -0.574. The highest BCUT2D eigenvalue weighted by Gasteiger charge is 2.03. The highest BCUT2D eigenvalue weighted by molar-refractivity contribution is 7.80. The van der Waals surface area contributed by atoms with E-state index in [1.165, 1.54) is 0 Å². The number of nitrogens with one attached hydrogen (secondary N) is 1. The SMILES string of the molecule is CC(NC(N)=O)OC(N)=S. The average molecular weight is 163 g/mol. The van der Waals surface area contributed by atoms with Crippen LogP contribution in [0.1, 0.15) is 6.92 Å². The van der Waals surface area contributed by atoms with Gasteiger partial charge in [0.25, 0.3) is 5.17 Å². The van der Waals surface area contributed by atoms with Crippen molar-refractivity contribution >= 4 is 23.4 Å². The Hall–Kier alpha value is -1.04. The monoisotopic (exact) mass is 163 g/mol. The number of hydrogen-bond acceptors (Lipinski definition) is 3. The zero-order valence-electron chi connectivity index (χ0n) is 5.46. The lowest BCUT2D eigenvalue weighted by atomic mass is 10.6. The van der Waals surface area contributed by atoms with Gasteiger partial charge in [0.05, 0.1) is 0 Å². The Morgan fingerprint density at radius 3 is 2.50 bits per heavy atom. The number of rotatable bonds is 2. The molecule has 0 aliphatic rings. The summed E-state index contributed by atoms with van der Waals surface area (Å²) in [6, 6.07) is -0.677. The fourth-order valence-corrected chi connectivity index (χ4v) is 0.548. The summed E-state index contributed by atoms with van der Waals surface area (Å²) in [5.41, 5.74) is 9.74. The Bertz CT molecular complexity index is 133. The Morgan fingerprint density at radius 2 is 2.20 bits per heavy atom. The van der Waals surface area contributed by atoms with Gasteiger partial charge in [-0.1, -0.05) is 0 Å². The lowest BCUT2D eigenvalue weighted by Crippen LogP contribution is -2.40. The molecule has 6 heteroatoms. The van der Waals surface area contributed by atoms with Crippen LogP contribution in [0.2, 0.25) is 0 Å². The molecular weight excluding hydrogens is 154 g/mol. The minimum absolute atomic E-state index is 0.124. The summed E-state index contributed by atoms with van der Waals surface area (Å²) < 4.78 is 4.66. The van der Waals surface area contributed by atoms with Crippen molar-refractivity contribution in [3.8, 4) is 0 Å². The zero-order valence-corrected chi connectivity index (χ0v) is 6.27. The summed E-state index contributed by atoms with van der Waals surface area (Å²) in [5.74, 6) is 0. The van der Waals surface area contributed by atoms with Crippen LogP contribution in [0.25, 0.3) is 0 Å². The molecule has 0 fully saturated rings. The van der Waals surface area contributed by atoms with Crippen LogP contribution in [0.3, 0.4) is 0 Å². The molecule has 1 unspecified atom stereocenters. The van der Waals surface area contributed by atoms with E-state index in [1.54, 1.807) is 6.92 Å². The summed E-state index contributed by atoms with van der Waals surface area (Å²) in [6.45, 7) is 1.56. The van der Waals surface area contributed by atoms with E-state index < -0.39 is 12.3 Å². The first-order valence-corrected chi connectivity index (χ1v) is 2.95. The molecule has 0 rings (SSSR count). The van der Waals surface area contributed by atoms with Crippen LogP contribution < -0.4 is 16.8 Å². The number of urea groups is 1. The molecule has 0 aromatic rings. The number of carbonyl (C=O) groups excluding carboxylic acids is 1. The second kappa shape index (κ2) is 3.89. The number of hydrogen-bond donors (Lipinski definition) is 3. The first-order chi connectivity index (χ1) is 4.52. The van der Waals surface area contributed by atoms with Gasteiger partial charge in [0.2, 0.25) is 0 Å². The third-order valence-corrected chi connectivity index (χ3v) is 0.735. The van der Waals surface area contributed by atoms with Crippen LogP contribution in [-0.4, -0.2) is 17.4 Å². The Morgan fingerprint density at radius 1 is 1.70 bits per heavy atom. The van der Waals surface area contributed by atoms with Gasteiger partial charge >= 0.3 is 6.03 Å². The molecule has 0 saturated carbocycles.